The van der Waals surface area contributed by atoms with Crippen LogP contribution in [0.1, 0.15) is 30.5 Å². The Kier molecular flexibility index (Phi) is 7.47. The number of rotatable bonds is 5. The highest BCUT2D eigenvalue weighted by Crippen LogP contribution is 2.50. The van der Waals surface area contributed by atoms with Gasteiger partial charge in [0, 0.05) is 49.7 Å². The summed E-state index contributed by atoms with van der Waals surface area (Å²) < 4.78 is 8.89. The molecule has 0 unspecified atom stereocenters. The summed E-state index contributed by atoms with van der Waals surface area (Å²) in [6.07, 6.45) is 0. The van der Waals surface area contributed by atoms with Gasteiger partial charge in [0.1, 0.15) is 11.5 Å². The van der Waals surface area contributed by atoms with Crippen LogP contribution in [-0.4, -0.2) is 14.5 Å². The van der Waals surface area contributed by atoms with Gasteiger partial charge in [0.15, 0.2) is 5.82 Å². The van der Waals surface area contributed by atoms with E-state index in [1.165, 1.54) is 0 Å². The highest BCUT2D eigenvalue weighted by atomic mass is 16.5. The molecular formula is C50H34N4O. The smallest absolute Gasteiger partial charge is 0.160 e. The summed E-state index contributed by atoms with van der Waals surface area (Å²) >= 11 is 0. The van der Waals surface area contributed by atoms with Crippen LogP contribution in [-0.2, 0) is 5.41 Å². The number of fused-ring (bicyclic) bond motifs is 5. The lowest BCUT2D eigenvalue weighted by atomic mass is 9.74. The first kappa shape index (κ1) is 32.4. The van der Waals surface area contributed by atoms with Gasteiger partial charge in [-0.25, -0.2) is 9.97 Å². The van der Waals surface area contributed by atoms with Gasteiger partial charge in [-0.1, -0.05) is 105 Å². The predicted molar refractivity (Wildman–Crippen MR) is 221 cm³/mol. The van der Waals surface area contributed by atoms with E-state index in [-0.39, 0.29) is 5.41 Å². The summed E-state index contributed by atoms with van der Waals surface area (Å²) in [4.78, 5) is 10.1. The minimum atomic E-state index is -0.373. The Labute approximate surface area is 319 Å². The van der Waals surface area contributed by atoms with Crippen molar-refractivity contribution < 1.29 is 4.74 Å². The second-order valence-electron chi connectivity index (χ2n) is 14.6. The number of nitriles is 1. The van der Waals surface area contributed by atoms with Gasteiger partial charge in [0.25, 0.3) is 0 Å². The van der Waals surface area contributed by atoms with E-state index in [1.54, 1.807) is 0 Å². The van der Waals surface area contributed by atoms with Crippen molar-refractivity contribution in [1.29, 1.82) is 5.26 Å². The topological polar surface area (TPSA) is 63.7 Å². The fourth-order valence-corrected chi connectivity index (χ4v) is 8.01. The monoisotopic (exact) mass is 706 g/mol. The maximum Gasteiger partial charge on any atom is 0.160 e. The molecular weight excluding hydrogens is 673 g/mol. The van der Waals surface area contributed by atoms with E-state index in [2.05, 4.69) is 140 Å². The van der Waals surface area contributed by atoms with E-state index in [1.807, 2.05) is 54.6 Å². The molecule has 0 radical (unpaired) electrons. The van der Waals surface area contributed by atoms with Crippen molar-refractivity contribution in [3.05, 3.63) is 187 Å². The molecule has 0 amide bonds. The fraction of sp³-hybridized carbons (Fsp3) is 0.0600. The molecule has 0 bridgehead atoms. The minimum Gasteiger partial charge on any atom is -0.457 e. The zero-order valence-corrected chi connectivity index (χ0v) is 30.4. The molecule has 10 rings (SSSR count). The first-order valence-electron chi connectivity index (χ1n) is 18.5. The quantitative estimate of drug-likeness (QED) is 0.179. The van der Waals surface area contributed by atoms with E-state index < -0.39 is 0 Å². The van der Waals surface area contributed by atoms with Crippen LogP contribution >= 0.6 is 0 Å². The number of ether oxygens (including phenoxy) is 1. The normalized spacial score (nSPS) is 12.8. The van der Waals surface area contributed by atoms with Gasteiger partial charge in [-0.2, -0.15) is 5.26 Å². The lowest BCUT2D eigenvalue weighted by Gasteiger charge is -2.35. The molecule has 1 aliphatic rings. The summed E-state index contributed by atoms with van der Waals surface area (Å²) in [6, 6.07) is 60.7. The van der Waals surface area contributed by atoms with Gasteiger partial charge in [-0.05, 0) is 90.0 Å². The van der Waals surface area contributed by atoms with Crippen molar-refractivity contribution in [3.63, 3.8) is 0 Å². The van der Waals surface area contributed by atoms with Crippen molar-refractivity contribution in [1.82, 2.24) is 14.5 Å². The van der Waals surface area contributed by atoms with Gasteiger partial charge >= 0.3 is 0 Å². The van der Waals surface area contributed by atoms with E-state index in [0.29, 0.717) is 11.4 Å². The molecule has 0 saturated carbocycles. The number of para-hydroxylation sites is 1. The SMILES string of the molecule is CC1(C)c2cc(-c3ccc4c(c3)c3cc(C#N)ccc3n4-c3ccccc3)ccc2Oc2ccc(-c3cc(-c4ccccc4)nc(-c4ccccc4)n3)cc21. The molecule has 0 atom stereocenters. The number of benzene rings is 7. The first-order chi connectivity index (χ1) is 26.9. The zero-order chi connectivity index (χ0) is 37.1. The van der Waals surface area contributed by atoms with E-state index in [4.69, 9.17) is 14.7 Å². The second-order valence-corrected chi connectivity index (χ2v) is 14.6. The van der Waals surface area contributed by atoms with E-state index in [9.17, 15) is 5.26 Å². The lowest BCUT2D eigenvalue weighted by Crippen LogP contribution is -2.24. The Morgan fingerprint density at radius 1 is 0.509 bits per heavy atom. The predicted octanol–water partition coefficient (Wildman–Crippen LogP) is 12.5. The van der Waals surface area contributed by atoms with Crippen LogP contribution in [0.5, 0.6) is 11.5 Å². The van der Waals surface area contributed by atoms with Crippen LogP contribution in [0.4, 0.5) is 0 Å². The molecule has 0 aliphatic carbocycles. The minimum absolute atomic E-state index is 0.373. The zero-order valence-electron chi connectivity index (χ0n) is 30.4. The third kappa shape index (κ3) is 5.47. The molecule has 0 fully saturated rings. The molecule has 5 heteroatoms. The fourth-order valence-electron chi connectivity index (χ4n) is 8.01. The van der Waals surface area contributed by atoms with Crippen molar-refractivity contribution in [2.24, 2.45) is 0 Å². The Bertz CT molecular complexity index is 2920. The van der Waals surface area contributed by atoms with Crippen molar-refractivity contribution in [3.8, 4) is 68.3 Å². The van der Waals surface area contributed by atoms with Crippen molar-refractivity contribution >= 4 is 21.8 Å². The summed E-state index contributed by atoms with van der Waals surface area (Å²) in [5, 5.41) is 11.9. The van der Waals surface area contributed by atoms with Crippen LogP contribution in [0.3, 0.4) is 0 Å². The summed E-state index contributed by atoms with van der Waals surface area (Å²) in [5.41, 5.74) is 12.7. The van der Waals surface area contributed by atoms with Crippen LogP contribution in [0.15, 0.2) is 170 Å². The molecule has 7 aromatic carbocycles. The van der Waals surface area contributed by atoms with Crippen LogP contribution < -0.4 is 4.74 Å². The highest BCUT2D eigenvalue weighted by molar-refractivity contribution is 6.11. The second kappa shape index (κ2) is 12.7. The molecule has 9 aromatic rings. The molecule has 0 spiro atoms. The molecule has 55 heavy (non-hydrogen) atoms. The molecule has 0 N–H and O–H groups in total. The summed E-state index contributed by atoms with van der Waals surface area (Å²) in [6.45, 7) is 4.54. The average molecular weight is 707 g/mol. The highest BCUT2D eigenvalue weighted by Gasteiger charge is 2.35. The van der Waals surface area contributed by atoms with Gasteiger partial charge in [0.2, 0.25) is 0 Å². The lowest BCUT2D eigenvalue weighted by molar-refractivity contribution is 0.418. The Morgan fingerprint density at radius 2 is 1.04 bits per heavy atom. The third-order valence-electron chi connectivity index (χ3n) is 10.9. The molecule has 0 saturated heterocycles. The van der Waals surface area contributed by atoms with Gasteiger partial charge in [0.05, 0.1) is 34.1 Å². The average Bonchev–Trinajstić information content (AvgIpc) is 3.57. The largest absolute Gasteiger partial charge is 0.457 e. The number of nitrogens with zero attached hydrogens (tertiary/aromatic N) is 4. The van der Waals surface area contributed by atoms with Crippen LogP contribution in [0, 0.1) is 11.3 Å². The summed E-state index contributed by atoms with van der Waals surface area (Å²) in [5.74, 6) is 2.39. The summed E-state index contributed by atoms with van der Waals surface area (Å²) in [7, 11) is 0. The van der Waals surface area contributed by atoms with E-state index in [0.717, 1.165) is 89.3 Å². The van der Waals surface area contributed by atoms with Crippen LogP contribution in [0.2, 0.25) is 0 Å². The van der Waals surface area contributed by atoms with Crippen molar-refractivity contribution in [2.75, 3.05) is 0 Å². The first-order valence-corrected chi connectivity index (χ1v) is 18.5. The maximum absolute atomic E-state index is 9.78. The number of hydrogen-bond donors (Lipinski definition) is 0. The Balaban J connectivity index is 1.07. The Hall–Kier alpha value is -7.29. The van der Waals surface area contributed by atoms with Gasteiger partial charge < -0.3 is 9.30 Å². The van der Waals surface area contributed by atoms with E-state index >= 15 is 0 Å². The maximum atomic E-state index is 9.78. The molecule has 2 aromatic heterocycles. The third-order valence-corrected chi connectivity index (χ3v) is 10.9. The number of aromatic nitrogens is 3. The van der Waals surface area contributed by atoms with Gasteiger partial charge in [-0.3, -0.25) is 0 Å². The van der Waals surface area contributed by atoms with Gasteiger partial charge in [-0.15, -0.1) is 0 Å². The molecule has 260 valence electrons. The number of hydrogen-bond acceptors (Lipinski definition) is 4. The molecule has 3 heterocycles. The molecule has 1 aliphatic heterocycles. The van der Waals surface area contributed by atoms with Crippen LogP contribution in [0.25, 0.3) is 72.5 Å². The standard InChI is InChI=1S/C50H34N4O/c1-50(2)41-28-36(35-19-23-46-40(27-35)39-26-32(31-51)18-22-45(39)54(46)38-16-10-5-11-17-38)20-24-47(41)55-48-25-21-37(29-42(48)50)44-30-43(33-12-6-3-7-13-33)52-49(53-44)34-14-8-4-9-15-34/h3-30H,1-2H3. The van der Waals surface area contributed by atoms with Crippen molar-refractivity contribution in [2.45, 2.75) is 19.3 Å². The Morgan fingerprint density at radius 3 is 1.71 bits per heavy atom. The molecule has 5 nitrogen and oxygen atoms in total.